The zero-order chi connectivity index (χ0) is 22.0. The van der Waals surface area contributed by atoms with Crippen LogP contribution in [0, 0.1) is 6.92 Å². The van der Waals surface area contributed by atoms with Gasteiger partial charge in [-0.1, -0.05) is 0 Å². The van der Waals surface area contributed by atoms with Crippen LogP contribution in [0.4, 0.5) is 0 Å². The summed E-state index contributed by atoms with van der Waals surface area (Å²) in [6.45, 7) is 1.76. The van der Waals surface area contributed by atoms with Crippen molar-refractivity contribution < 1.29 is 28.5 Å². The highest BCUT2D eigenvalue weighted by atomic mass is 16.5. The number of esters is 1. The van der Waals surface area contributed by atoms with Gasteiger partial charge in [0.25, 0.3) is 0 Å². The highest BCUT2D eigenvalue weighted by molar-refractivity contribution is 6.15. The van der Waals surface area contributed by atoms with E-state index in [2.05, 4.69) is 4.98 Å². The summed E-state index contributed by atoms with van der Waals surface area (Å²) in [5.41, 5.74) is 2.08. The van der Waals surface area contributed by atoms with Crippen LogP contribution in [0.15, 0.2) is 60.6 Å². The molecule has 1 aliphatic heterocycles. The summed E-state index contributed by atoms with van der Waals surface area (Å²) in [7, 11) is 3.10. The molecular weight excluding hydrogens is 398 g/mol. The van der Waals surface area contributed by atoms with Crippen LogP contribution in [0.1, 0.15) is 31.8 Å². The average molecular weight is 417 g/mol. The summed E-state index contributed by atoms with van der Waals surface area (Å²) in [5.74, 6) is 1.16. The third-order valence-electron chi connectivity index (χ3n) is 4.79. The predicted octanol–water partition coefficient (Wildman–Crippen LogP) is 4.24. The molecule has 0 saturated heterocycles. The molecule has 0 atom stereocenters. The number of hydrogen-bond acceptors (Lipinski definition) is 7. The smallest absolute Gasteiger partial charge is 0.343 e. The molecule has 0 unspecified atom stereocenters. The van der Waals surface area contributed by atoms with Crippen molar-refractivity contribution >= 4 is 17.8 Å². The fraction of sp³-hybridized carbons (Fsp3) is 0.125. The summed E-state index contributed by atoms with van der Waals surface area (Å²) >= 11 is 0. The van der Waals surface area contributed by atoms with E-state index in [4.69, 9.17) is 18.9 Å². The SMILES string of the molecule is COc1ccc(OC)c(/C=C2\Oc3cc(OC(=O)c4ccncc4)cc(C)c3C2=O)c1. The lowest BCUT2D eigenvalue weighted by Gasteiger charge is -2.08. The standard InChI is InChI=1S/C24H19NO6/c1-14-10-18(30-24(27)15-6-8-25-9-7-15)13-20-22(14)23(26)21(31-20)12-16-11-17(28-2)4-5-19(16)29-3/h4-13H,1-3H3/b21-12-. The van der Waals surface area contributed by atoms with Crippen LogP contribution in [0.2, 0.25) is 0 Å². The molecule has 2 aromatic carbocycles. The number of nitrogens with zero attached hydrogens (tertiary/aromatic N) is 1. The van der Waals surface area contributed by atoms with Gasteiger partial charge in [0.15, 0.2) is 5.76 Å². The van der Waals surface area contributed by atoms with Gasteiger partial charge in [0.2, 0.25) is 5.78 Å². The van der Waals surface area contributed by atoms with E-state index in [9.17, 15) is 9.59 Å². The average Bonchev–Trinajstić information content (AvgIpc) is 3.09. The van der Waals surface area contributed by atoms with Gasteiger partial charge in [0.05, 0.1) is 25.3 Å². The highest BCUT2D eigenvalue weighted by Gasteiger charge is 2.30. The van der Waals surface area contributed by atoms with Gasteiger partial charge in [-0.05, 0) is 55.0 Å². The minimum atomic E-state index is -0.525. The number of carbonyl (C=O) groups excluding carboxylic acids is 2. The van der Waals surface area contributed by atoms with Crippen molar-refractivity contribution in [3.8, 4) is 23.0 Å². The molecule has 0 N–H and O–H groups in total. The van der Waals surface area contributed by atoms with Gasteiger partial charge in [-0.2, -0.15) is 0 Å². The second kappa shape index (κ2) is 8.31. The molecular formula is C24H19NO6. The summed E-state index contributed by atoms with van der Waals surface area (Å²) in [4.78, 5) is 29.2. The van der Waals surface area contributed by atoms with Crippen molar-refractivity contribution in [2.24, 2.45) is 0 Å². The van der Waals surface area contributed by atoms with E-state index >= 15 is 0 Å². The molecule has 7 heteroatoms. The number of fused-ring (bicyclic) bond motifs is 1. The maximum Gasteiger partial charge on any atom is 0.343 e. The van der Waals surface area contributed by atoms with Crippen LogP contribution in [0.25, 0.3) is 6.08 Å². The lowest BCUT2D eigenvalue weighted by Crippen LogP contribution is -2.08. The van der Waals surface area contributed by atoms with Crippen LogP contribution in [0.3, 0.4) is 0 Å². The Bertz CT molecular complexity index is 1200. The monoisotopic (exact) mass is 417 g/mol. The molecule has 3 aromatic rings. The zero-order valence-electron chi connectivity index (χ0n) is 17.2. The molecule has 31 heavy (non-hydrogen) atoms. The van der Waals surface area contributed by atoms with E-state index in [1.54, 1.807) is 63.6 Å². The third-order valence-corrected chi connectivity index (χ3v) is 4.79. The van der Waals surface area contributed by atoms with Crippen molar-refractivity contribution in [1.82, 2.24) is 4.98 Å². The van der Waals surface area contributed by atoms with Crippen LogP contribution in [-0.4, -0.2) is 31.0 Å². The third kappa shape index (κ3) is 3.98. The maximum atomic E-state index is 13.0. The number of hydrogen-bond donors (Lipinski definition) is 0. The molecule has 2 heterocycles. The minimum absolute atomic E-state index is 0.141. The Labute approximate surface area is 178 Å². The number of aryl methyl sites for hydroxylation is 1. The first-order valence-electron chi connectivity index (χ1n) is 9.43. The number of ketones is 1. The molecule has 0 spiro atoms. The molecule has 156 valence electrons. The van der Waals surface area contributed by atoms with Crippen LogP contribution < -0.4 is 18.9 Å². The fourth-order valence-corrected chi connectivity index (χ4v) is 3.28. The number of ether oxygens (including phenoxy) is 4. The van der Waals surface area contributed by atoms with E-state index in [-0.39, 0.29) is 17.3 Å². The molecule has 1 aliphatic rings. The highest BCUT2D eigenvalue weighted by Crippen LogP contribution is 2.38. The molecule has 0 bridgehead atoms. The largest absolute Gasteiger partial charge is 0.497 e. The Hall–Kier alpha value is -4.13. The van der Waals surface area contributed by atoms with Gasteiger partial charge in [-0.25, -0.2) is 4.79 Å². The van der Waals surface area contributed by atoms with Crippen molar-refractivity contribution in [1.29, 1.82) is 0 Å². The number of pyridine rings is 1. The van der Waals surface area contributed by atoms with E-state index in [0.29, 0.717) is 39.5 Å². The van der Waals surface area contributed by atoms with E-state index < -0.39 is 5.97 Å². The van der Waals surface area contributed by atoms with E-state index in [0.717, 1.165) is 0 Å². The molecule has 0 fully saturated rings. The van der Waals surface area contributed by atoms with E-state index in [1.165, 1.54) is 18.5 Å². The first kappa shape index (κ1) is 20.2. The van der Waals surface area contributed by atoms with Gasteiger partial charge in [-0.3, -0.25) is 9.78 Å². The van der Waals surface area contributed by atoms with Gasteiger partial charge < -0.3 is 18.9 Å². The van der Waals surface area contributed by atoms with Gasteiger partial charge in [0, 0.05) is 24.0 Å². The minimum Gasteiger partial charge on any atom is -0.497 e. The molecule has 0 radical (unpaired) electrons. The number of aromatic nitrogens is 1. The first-order chi connectivity index (χ1) is 15.0. The Kier molecular flexibility index (Phi) is 5.41. The Morgan fingerprint density at radius 3 is 2.48 bits per heavy atom. The predicted molar refractivity (Wildman–Crippen MR) is 113 cm³/mol. The molecule has 0 saturated carbocycles. The number of rotatable bonds is 5. The zero-order valence-corrected chi connectivity index (χ0v) is 17.2. The van der Waals surface area contributed by atoms with Crippen molar-refractivity contribution in [2.75, 3.05) is 14.2 Å². The fourth-order valence-electron chi connectivity index (χ4n) is 3.28. The number of allylic oxidation sites excluding steroid dienone is 1. The summed E-state index contributed by atoms with van der Waals surface area (Å²) < 4.78 is 21.9. The normalized spacial score (nSPS) is 13.5. The summed E-state index contributed by atoms with van der Waals surface area (Å²) in [6, 6.07) is 11.5. The molecule has 7 nitrogen and oxygen atoms in total. The van der Waals surface area contributed by atoms with Crippen LogP contribution in [0.5, 0.6) is 23.0 Å². The second-order valence-electron chi connectivity index (χ2n) is 6.79. The van der Waals surface area contributed by atoms with Gasteiger partial charge >= 0.3 is 5.97 Å². The lowest BCUT2D eigenvalue weighted by molar-refractivity contribution is 0.0734. The van der Waals surface area contributed by atoms with Crippen LogP contribution in [-0.2, 0) is 0 Å². The van der Waals surface area contributed by atoms with E-state index in [1.807, 2.05) is 0 Å². The summed E-state index contributed by atoms with van der Waals surface area (Å²) in [6.07, 6.45) is 4.62. The lowest BCUT2D eigenvalue weighted by atomic mass is 10.0. The number of methoxy groups -OCH3 is 2. The Morgan fingerprint density at radius 1 is 1.00 bits per heavy atom. The molecule has 0 aliphatic carbocycles. The summed E-state index contributed by atoms with van der Waals surface area (Å²) in [5, 5.41) is 0. The number of Topliss-reactive ketones (excluding diaryl/α,β-unsaturated/α-hetero) is 1. The second-order valence-corrected chi connectivity index (χ2v) is 6.79. The Morgan fingerprint density at radius 2 is 1.77 bits per heavy atom. The first-order valence-corrected chi connectivity index (χ1v) is 9.43. The number of benzene rings is 2. The van der Waals surface area contributed by atoms with Gasteiger partial charge in [-0.15, -0.1) is 0 Å². The Balaban J connectivity index is 1.64. The molecule has 1 aromatic heterocycles. The van der Waals surface area contributed by atoms with Gasteiger partial charge in [0.1, 0.15) is 23.0 Å². The van der Waals surface area contributed by atoms with Crippen molar-refractivity contribution in [3.63, 3.8) is 0 Å². The molecule has 0 amide bonds. The quantitative estimate of drug-likeness (QED) is 0.349. The maximum absolute atomic E-state index is 13.0. The number of carbonyl (C=O) groups is 2. The van der Waals surface area contributed by atoms with Crippen LogP contribution >= 0.6 is 0 Å². The molecule has 4 rings (SSSR count). The topological polar surface area (TPSA) is 83.9 Å². The van der Waals surface area contributed by atoms with Crippen molar-refractivity contribution in [3.05, 3.63) is 82.9 Å². The van der Waals surface area contributed by atoms with Crippen molar-refractivity contribution in [2.45, 2.75) is 6.92 Å².